The van der Waals surface area contributed by atoms with Crippen molar-refractivity contribution in [1.82, 2.24) is 9.47 Å². The molecule has 1 amide bonds. The van der Waals surface area contributed by atoms with Gasteiger partial charge in [-0.2, -0.15) is 0 Å². The van der Waals surface area contributed by atoms with Crippen molar-refractivity contribution in [2.45, 2.75) is 38.0 Å². The minimum atomic E-state index is -1.07. The molecule has 40 heavy (non-hydrogen) atoms. The zero-order valence-electron chi connectivity index (χ0n) is 22.5. The van der Waals surface area contributed by atoms with Crippen molar-refractivity contribution >= 4 is 23.0 Å². The van der Waals surface area contributed by atoms with Crippen LogP contribution in [0, 0.1) is 18.6 Å². The van der Waals surface area contributed by atoms with E-state index in [1.165, 1.54) is 29.2 Å². The monoisotopic (exact) mass is 548 g/mol. The lowest BCUT2D eigenvalue weighted by Gasteiger charge is -2.43. The number of amides is 1. The number of carbonyl (C=O) groups excluding carboxylic acids is 1. The highest BCUT2D eigenvalue weighted by Crippen LogP contribution is 2.54. The van der Waals surface area contributed by atoms with Gasteiger partial charge in [-0.05, 0) is 73.7 Å². The van der Waals surface area contributed by atoms with E-state index in [9.17, 15) is 28.6 Å². The van der Waals surface area contributed by atoms with Crippen LogP contribution in [-0.2, 0) is 10.2 Å². The van der Waals surface area contributed by atoms with Crippen LogP contribution in [0.5, 0.6) is 5.75 Å². The Labute approximate surface area is 230 Å². The van der Waals surface area contributed by atoms with Crippen LogP contribution in [0.25, 0.3) is 27.7 Å². The summed E-state index contributed by atoms with van der Waals surface area (Å²) in [6.07, 6.45) is 2.39. The van der Waals surface area contributed by atoms with Gasteiger partial charge >= 0.3 is 12.1 Å². The molecule has 1 aromatic heterocycles. The van der Waals surface area contributed by atoms with Gasteiger partial charge < -0.3 is 24.4 Å². The van der Waals surface area contributed by atoms with Crippen molar-refractivity contribution in [3.05, 3.63) is 83.1 Å². The molecule has 0 saturated heterocycles. The van der Waals surface area contributed by atoms with E-state index in [1.54, 1.807) is 45.3 Å². The van der Waals surface area contributed by atoms with Crippen LogP contribution in [-0.4, -0.2) is 52.4 Å². The molecule has 0 spiro atoms. The lowest BCUT2D eigenvalue weighted by atomic mass is 9.63. The highest BCUT2D eigenvalue weighted by molar-refractivity contribution is 6.04. The van der Waals surface area contributed by atoms with E-state index in [0.29, 0.717) is 39.7 Å². The first-order chi connectivity index (χ1) is 19.0. The van der Waals surface area contributed by atoms with E-state index in [2.05, 4.69) is 0 Å². The van der Waals surface area contributed by atoms with E-state index in [1.807, 2.05) is 4.57 Å². The van der Waals surface area contributed by atoms with E-state index in [4.69, 9.17) is 4.74 Å². The van der Waals surface area contributed by atoms with Crippen LogP contribution in [0.4, 0.5) is 13.6 Å². The van der Waals surface area contributed by atoms with E-state index in [-0.39, 0.29) is 23.7 Å². The van der Waals surface area contributed by atoms with Gasteiger partial charge in [-0.15, -0.1) is 0 Å². The molecule has 2 N–H and O–H groups in total. The average molecular weight is 549 g/mol. The van der Waals surface area contributed by atoms with Crippen molar-refractivity contribution in [1.29, 1.82) is 0 Å². The quantitative estimate of drug-likeness (QED) is 0.265. The summed E-state index contributed by atoms with van der Waals surface area (Å²) in [6.45, 7) is 1.78. The summed E-state index contributed by atoms with van der Waals surface area (Å²) in [4.78, 5) is 25.1. The number of hydrogen-bond donors (Lipinski definition) is 2. The molecule has 7 nitrogen and oxygen atoms in total. The van der Waals surface area contributed by atoms with Crippen molar-refractivity contribution in [3.8, 4) is 22.6 Å². The summed E-state index contributed by atoms with van der Waals surface area (Å²) >= 11 is 0. The molecule has 0 radical (unpaired) electrons. The Morgan fingerprint density at radius 1 is 1.05 bits per heavy atom. The van der Waals surface area contributed by atoms with Gasteiger partial charge in [-0.1, -0.05) is 18.6 Å². The standard InChI is InChI=1S/C31H30F2N2O5/c1-18-15-22(9-10-23(18)33)35-24-16-21(32)17-25(36)27(24)26(19-5-7-20(8-6-19)29(37)38)28(35)31(11-4-12-31)13-14-40-30(39)34(2)3/h5-10,15-17,36H,4,11-14H2,1-3H3,(H,37,38). The van der Waals surface area contributed by atoms with Gasteiger partial charge in [0.1, 0.15) is 17.4 Å². The fourth-order valence-electron chi connectivity index (χ4n) is 5.63. The Morgan fingerprint density at radius 2 is 1.75 bits per heavy atom. The van der Waals surface area contributed by atoms with E-state index < -0.39 is 23.3 Å². The Kier molecular flexibility index (Phi) is 6.99. The van der Waals surface area contributed by atoms with E-state index in [0.717, 1.165) is 31.0 Å². The predicted octanol–water partition coefficient (Wildman–Crippen LogP) is 6.80. The second-order valence-corrected chi connectivity index (χ2v) is 10.6. The smallest absolute Gasteiger partial charge is 0.409 e. The normalized spacial score (nSPS) is 14.1. The summed E-state index contributed by atoms with van der Waals surface area (Å²) in [5, 5.41) is 20.9. The molecule has 4 aromatic rings. The highest BCUT2D eigenvalue weighted by Gasteiger charge is 2.44. The molecule has 3 aromatic carbocycles. The minimum Gasteiger partial charge on any atom is -0.507 e. The van der Waals surface area contributed by atoms with Gasteiger partial charge in [0.05, 0.1) is 23.1 Å². The number of fused-ring (bicyclic) bond motifs is 1. The van der Waals surface area contributed by atoms with Crippen molar-refractivity contribution in [2.75, 3.05) is 20.7 Å². The molecule has 1 aliphatic carbocycles. The predicted molar refractivity (Wildman–Crippen MR) is 147 cm³/mol. The maximum absolute atomic E-state index is 14.8. The number of aromatic carboxylic acids is 1. The number of ether oxygens (including phenoxy) is 1. The fraction of sp³-hybridized carbons (Fsp3) is 0.290. The first-order valence-corrected chi connectivity index (χ1v) is 13.0. The zero-order chi connectivity index (χ0) is 28.8. The average Bonchev–Trinajstić information content (AvgIpc) is 3.22. The second kappa shape index (κ2) is 10.3. The van der Waals surface area contributed by atoms with Crippen LogP contribution in [0.1, 0.15) is 47.3 Å². The molecular formula is C31H30F2N2O5. The largest absolute Gasteiger partial charge is 0.507 e. The fourth-order valence-corrected chi connectivity index (χ4v) is 5.63. The van der Waals surface area contributed by atoms with Crippen LogP contribution in [0.15, 0.2) is 54.6 Å². The molecule has 9 heteroatoms. The summed E-state index contributed by atoms with van der Waals surface area (Å²) in [5.74, 6) is -2.35. The summed E-state index contributed by atoms with van der Waals surface area (Å²) in [6, 6.07) is 13.3. The molecule has 1 saturated carbocycles. The summed E-state index contributed by atoms with van der Waals surface area (Å²) in [5.41, 5.74) is 3.02. The van der Waals surface area contributed by atoms with Crippen LogP contribution in [0.3, 0.4) is 0 Å². The van der Waals surface area contributed by atoms with E-state index >= 15 is 0 Å². The molecule has 0 unspecified atom stereocenters. The number of halogens is 2. The van der Waals surface area contributed by atoms with Gasteiger partial charge in [0.2, 0.25) is 0 Å². The minimum absolute atomic E-state index is 0.104. The SMILES string of the molecule is Cc1cc(-n2c(C3(CCOC(=O)N(C)C)CCC3)c(-c3ccc(C(=O)O)cc3)c3c(O)cc(F)cc32)ccc1F. The lowest BCUT2D eigenvalue weighted by Crippen LogP contribution is -2.38. The number of aryl methyl sites for hydroxylation is 1. The van der Waals surface area contributed by atoms with Gasteiger partial charge in [-0.3, -0.25) is 0 Å². The molecule has 5 rings (SSSR count). The van der Waals surface area contributed by atoms with Gasteiger partial charge in [0, 0.05) is 42.5 Å². The zero-order valence-corrected chi connectivity index (χ0v) is 22.5. The van der Waals surface area contributed by atoms with Crippen LogP contribution < -0.4 is 0 Å². The first kappa shape index (κ1) is 27.2. The number of phenols is 1. The molecule has 0 atom stereocenters. The number of phenolic OH excluding ortho intramolecular Hbond substituents is 1. The second-order valence-electron chi connectivity index (χ2n) is 10.6. The van der Waals surface area contributed by atoms with Gasteiger partial charge in [-0.25, -0.2) is 18.4 Å². The van der Waals surface area contributed by atoms with Crippen molar-refractivity contribution in [2.24, 2.45) is 0 Å². The molecule has 208 valence electrons. The Morgan fingerprint density at radius 3 is 2.33 bits per heavy atom. The molecule has 1 aliphatic rings. The van der Waals surface area contributed by atoms with Gasteiger partial charge in [0.15, 0.2) is 0 Å². The first-order valence-electron chi connectivity index (χ1n) is 13.0. The van der Waals surface area contributed by atoms with Crippen LogP contribution >= 0.6 is 0 Å². The Hall–Kier alpha value is -4.40. The number of carboxylic acid groups (broad SMARTS) is 1. The number of hydrogen-bond acceptors (Lipinski definition) is 4. The third-order valence-electron chi connectivity index (χ3n) is 7.82. The third kappa shape index (κ3) is 4.65. The topological polar surface area (TPSA) is 92.0 Å². The lowest BCUT2D eigenvalue weighted by molar-refractivity contribution is 0.0696. The molecule has 0 bridgehead atoms. The molecule has 1 fully saturated rings. The number of rotatable bonds is 7. The summed E-state index contributed by atoms with van der Waals surface area (Å²) in [7, 11) is 3.21. The van der Waals surface area contributed by atoms with Crippen molar-refractivity contribution < 1.29 is 33.3 Å². The summed E-state index contributed by atoms with van der Waals surface area (Å²) < 4.78 is 36.5. The number of aromatic nitrogens is 1. The molecule has 1 heterocycles. The highest BCUT2D eigenvalue weighted by atomic mass is 19.1. The number of nitrogens with zero attached hydrogens (tertiary/aromatic N) is 2. The Balaban J connectivity index is 1.82. The van der Waals surface area contributed by atoms with Gasteiger partial charge in [0.25, 0.3) is 0 Å². The number of benzene rings is 3. The maximum Gasteiger partial charge on any atom is 0.409 e. The number of carbonyl (C=O) groups is 2. The maximum atomic E-state index is 14.8. The molecule has 0 aliphatic heterocycles. The molecular weight excluding hydrogens is 518 g/mol. The number of carboxylic acids is 1. The number of aromatic hydroxyl groups is 1. The Bertz CT molecular complexity index is 1620. The van der Waals surface area contributed by atoms with Crippen molar-refractivity contribution in [3.63, 3.8) is 0 Å². The van der Waals surface area contributed by atoms with Crippen LogP contribution in [0.2, 0.25) is 0 Å². The third-order valence-corrected chi connectivity index (χ3v) is 7.82.